The Labute approximate surface area is 88.9 Å². The highest BCUT2D eigenvalue weighted by molar-refractivity contribution is 5.04. The minimum atomic E-state index is -0.386. The highest BCUT2D eigenvalue weighted by Gasteiger charge is 1.96. The van der Waals surface area contributed by atoms with E-state index in [4.69, 9.17) is 0 Å². The smallest absolute Gasteiger partial charge is 0.114 e. The zero-order chi connectivity index (χ0) is 10.6. The molecule has 0 aromatic heterocycles. The molecule has 1 heteroatoms. The van der Waals surface area contributed by atoms with Gasteiger partial charge in [-0.15, -0.1) is 5.92 Å². The van der Waals surface area contributed by atoms with Crippen LogP contribution in [0.5, 0.6) is 0 Å². The summed E-state index contributed by atoms with van der Waals surface area (Å²) in [5.41, 5.74) is 0. The molecule has 0 rings (SSSR count). The molecule has 1 atom stereocenters. The maximum absolute atomic E-state index is 9.46. The molecular formula is C13H24O. The van der Waals surface area contributed by atoms with E-state index < -0.39 is 0 Å². The van der Waals surface area contributed by atoms with Crippen LogP contribution < -0.4 is 0 Å². The molecule has 0 bridgehead atoms. The van der Waals surface area contributed by atoms with E-state index in [1.165, 1.54) is 32.1 Å². The summed E-state index contributed by atoms with van der Waals surface area (Å²) in [6.45, 7) is 4.36. The van der Waals surface area contributed by atoms with E-state index in [2.05, 4.69) is 25.7 Å². The van der Waals surface area contributed by atoms with Gasteiger partial charge in [0.25, 0.3) is 0 Å². The van der Waals surface area contributed by atoms with E-state index in [9.17, 15) is 5.11 Å². The van der Waals surface area contributed by atoms with Crippen molar-refractivity contribution in [1.82, 2.24) is 0 Å². The lowest BCUT2D eigenvalue weighted by Gasteiger charge is -2.01. The summed E-state index contributed by atoms with van der Waals surface area (Å²) in [5.74, 6) is 5.95. The van der Waals surface area contributed by atoms with Crippen LogP contribution in [0, 0.1) is 11.8 Å². The molecular weight excluding hydrogens is 172 g/mol. The van der Waals surface area contributed by atoms with Crippen LogP contribution in [0.4, 0.5) is 0 Å². The Bertz CT molecular complexity index is 164. The summed E-state index contributed by atoms with van der Waals surface area (Å²) in [4.78, 5) is 0. The van der Waals surface area contributed by atoms with E-state index >= 15 is 0 Å². The molecule has 1 N–H and O–H groups in total. The first-order valence-corrected chi connectivity index (χ1v) is 5.97. The standard InChI is InChI=1S/C13H24O/c1-3-5-7-8-10-12-13(14)11-9-6-4-2/h13-14H,3-9,11H2,1-2H3/t13-/m1/s1. The third-order valence-corrected chi connectivity index (χ3v) is 2.26. The van der Waals surface area contributed by atoms with E-state index in [1.807, 2.05) is 0 Å². The highest BCUT2D eigenvalue weighted by atomic mass is 16.3. The van der Waals surface area contributed by atoms with Gasteiger partial charge in [0.1, 0.15) is 6.10 Å². The topological polar surface area (TPSA) is 20.2 Å². The second kappa shape index (κ2) is 10.6. The maximum Gasteiger partial charge on any atom is 0.114 e. The van der Waals surface area contributed by atoms with Crippen molar-refractivity contribution in [3.8, 4) is 11.8 Å². The average Bonchev–Trinajstić information content (AvgIpc) is 2.18. The van der Waals surface area contributed by atoms with Crippen LogP contribution in [0.15, 0.2) is 0 Å². The zero-order valence-electron chi connectivity index (χ0n) is 9.68. The normalized spacial score (nSPS) is 11.9. The summed E-state index contributed by atoms with van der Waals surface area (Å²) < 4.78 is 0. The fourth-order valence-corrected chi connectivity index (χ4v) is 1.31. The number of rotatable bonds is 7. The van der Waals surface area contributed by atoms with Crippen molar-refractivity contribution in [3.05, 3.63) is 0 Å². The molecule has 0 amide bonds. The number of unbranched alkanes of at least 4 members (excludes halogenated alkanes) is 5. The van der Waals surface area contributed by atoms with Crippen LogP contribution in [0.1, 0.15) is 65.2 Å². The van der Waals surface area contributed by atoms with Crippen molar-refractivity contribution < 1.29 is 5.11 Å². The van der Waals surface area contributed by atoms with Gasteiger partial charge in [-0.2, -0.15) is 0 Å². The molecule has 0 radical (unpaired) electrons. The third kappa shape index (κ3) is 9.61. The lowest BCUT2D eigenvalue weighted by Crippen LogP contribution is -2.01. The molecule has 0 aromatic rings. The Morgan fingerprint density at radius 1 is 1.00 bits per heavy atom. The van der Waals surface area contributed by atoms with Crippen molar-refractivity contribution in [3.63, 3.8) is 0 Å². The summed E-state index contributed by atoms with van der Waals surface area (Å²) in [6, 6.07) is 0. The Kier molecular flexibility index (Phi) is 10.2. The van der Waals surface area contributed by atoms with Gasteiger partial charge in [0, 0.05) is 6.42 Å². The number of hydrogen-bond acceptors (Lipinski definition) is 1. The summed E-state index contributed by atoms with van der Waals surface area (Å²) in [7, 11) is 0. The second-order valence-corrected chi connectivity index (χ2v) is 3.79. The minimum absolute atomic E-state index is 0.386. The van der Waals surface area contributed by atoms with Crippen LogP contribution in [0.3, 0.4) is 0 Å². The van der Waals surface area contributed by atoms with Gasteiger partial charge in [-0.1, -0.05) is 45.5 Å². The average molecular weight is 196 g/mol. The van der Waals surface area contributed by atoms with Crippen molar-refractivity contribution in [2.45, 2.75) is 71.3 Å². The van der Waals surface area contributed by atoms with Crippen molar-refractivity contribution in [2.75, 3.05) is 0 Å². The van der Waals surface area contributed by atoms with E-state index in [1.54, 1.807) is 0 Å². The van der Waals surface area contributed by atoms with Gasteiger partial charge in [-0.3, -0.25) is 0 Å². The largest absolute Gasteiger partial charge is 0.380 e. The monoisotopic (exact) mass is 196 g/mol. The van der Waals surface area contributed by atoms with Crippen LogP contribution in [-0.4, -0.2) is 11.2 Å². The molecule has 0 aliphatic carbocycles. The van der Waals surface area contributed by atoms with Crippen molar-refractivity contribution >= 4 is 0 Å². The summed E-state index contributed by atoms with van der Waals surface area (Å²) >= 11 is 0. The Morgan fingerprint density at radius 2 is 1.64 bits per heavy atom. The van der Waals surface area contributed by atoms with Gasteiger partial charge < -0.3 is 5.11 Å². The summed E-state index contributed by atoms with van der Waals surface area (Å²) in [5, 5.41) is 9.46. The zero-order valence-corrected chi connectivity index (χ0v) is 9.68. The van der Waals surface area contributed by atoms with Crippen molar-refractivity contribution in [2.24, 2.45) is 0 Å². The summed E-state index contributed by atoms with van der Waals surface area (Å²) in [6.07, 6.45) is 8.56. The van der Waals surface area contributed by atoms with Crippen LogP contribution in [0.2, 0.25) is 0 Å². The molecule has 0 unspecified atom stereocenters. The van der Waals surface area contributed by atoms with E-state index in [0.29, 0.717) is 0 Å². The number of aliphatic hydroxyl groups is 1. The van der Waals surface area contributed by atoms with E-state index in [0.717, 1.165) is 19.3 Å². The predicted molar refractivity (Wildman–Crippen MR) is 62.1 cm³/mol. The molecule has 0 aliphatic heterocycles. The SMILES string of the molecule is CCCCCC#C[C@H](O)CCCCC. The molecule has 82 valence electrons. The molecule has 0 aliphatic rings. The van der Waals surface area contributed by atoms with Gasteiger partial charge in [-0.25, -0.2) is 0 Å². The predicted octanol–water partition coefficient (Wildman–Crippen LogP) is 3.51. The molecule has 1 nitrogen and oxygen atoms in total. The molecule has 0 saturated carbocycles. The Hall–Kier alpha value is -0.480. The van der Waals surface area contributed by atoms with Crippen LogP contribution >= 0.6 is 0 Å². The maximum atomic E-state index is 9.46. The van der Waals surface area contributed by atoms with Gasteiger partial charge in [0.15, 0.2) is 0 Å². The minimum Gasteiger partial charge on any atom is -0.380 e. The molecule has 0 saturated heterocycles. The fourth-order valence-electron chi connectivity index (χ4n) is 1.31. The molecule has 0 aromatic carbocycles. The van der Waals surface area contributed by atoms with Crippen LogP contribution in [-0.2, 0) is 0 Å². The van der Waals surface area contributed by atoms with Crippen LogP contribution in [0.25, 0.3) is 0 Å². The Morgan fingerprint density at radius 3 is 2.29 bits per heavy atom. The van der Waals surface area contributed by atoms with Gasteiger partial charge >= 0.3 is 0 Å². The molecule has 14 heavy (non-hydrogen) atoms. The first kappa shape index (κ1) is 13.5. The van der Waals surface area contributed by atoms with Gasteiger partial charge in [0.2, 0.25) is 0 Å². The first-order valence-electron chi connectivity index (χ1n) is 5.97. The van der Waals surface area contributed by atoms with Crippen molar-refractivity contribution in [1.29, 1.82) is 0 Å². The Balaban J connectivity index is 3.34. The van der Waals surface area contributed by atoms with Gasteiger partial charge in [0.05, 0.1) is 0 Å². The number of aliphatic hydroxyl groups excluding tert-OH is 1. The number of hydrogen-bond donors (Lipinski definition) is 1. The first-order chi connectivity index (χ1) is 6.81. The fraction of sp³-hybridized carbons (Fsp3) is 0.846. The second-order valence-electron chi connectivity index (χ2n) is 3.79. The molecule has 0 heterocycles. The third-order valence-electron chi connectivity index (χ3n) is 2.26. The van der Waals surface area contributed by atoms with Gasteiger partial charge in [-0.05, 0) is 19.3 Å². The highest BCUT2D eigenvalue weighted by Crippen LogP contribution is 2.02. The molecule has 0 spiro atoms. The quantitative estimate of drug-likeness (QED) is 0.488. The van der Waals surface area contributed by atoms with E-state index in [-0.39, 0.29) is 6.10 Å². The molecule has 0 fully saturated rings. The lowest BCUT2D eigenvalue weighted by atomic mass is 10.1. The lowest BCUT2D eigenvalue weighted by molar-refractivity contribution is 0.217.